The number of rotatable bonds is 3. The van der Waals surface area contributed by atoms with E-state index in [1.54, 1.807) is 6.07 Å². The molecule has 2 heterocycles. The Bertz CT molecular complexity index is 1420. The van der Waals surface area contributed by atoms with E-state index < -0.39 is 11.5 Å². The first-order chi connectivity index (χ1) is 14.2. The van der Waals surface area contributed by atoms with Gasteiger partial charge in [-0.25, -0.2) is 9.78 Å². The molecular weight excluding hydrogens is 384 g/mol. The highest BCUT2D eigenvalue weighted by Gasteiger charge is 2.16. The van der Waals surface area contributed by atoms with Gasteiger partial charge in [-0.2, -0.15) is 0 Å². The number of hydrogen-bond acceptors (Lipinski definition) is 5. The van der Waals surface area contributed by atoms with Crippen molar-refractivity contribution in [1.82, 2.24) is 4.98 Å². The number of nitrogens with one attached hydrogen (secondary N) is 1. The summed E-state index contributed by atoms with van der Waals surface area (Å²) in [6.45, 7) is 0. The monoisotopic (exact) mass is 398 g/mol. The molecule has 5 nitrogen and oxygen atoms in total. The molecule has 5 rings (SSSR count). The van der Waals surface area contributed by atoms with Crippen LogP contribution in [0.2, 0.25) is 0 Å². The molecule has 3 aromatic carbocycles. The first kappa shape index (κ1) is 17.3. The molecular formula is C23H14N2O3S. The molecule has 0 aliphatic carbocycles. The fourth-order valence-electron chi connectivity index (χ4n) is 3.24. The third kappa shape index (κ3) is 3.19. The smallest absolute Gasteiger partial charge is 0.349 e. The molecule has 1 N–H and O–H groups in total. The number of carbonyl (C=O) groups excluding carboxylic acids is 1. The molecule has 0 radical (unpaired) electrons. The maximum Gasteiger partial charge on any atom is 0.349 e. The Hall–Kier alpha value is -3.77. The van der Waals surface area contributed by atoms with Gasteiger partial charge in [0.2, 0.25) is 0 Å². The number of benzene rings is 3. The van der Waals surface area contributed by atoms with Crippen molar-refractivity contribution in [3.05, 3.63) is 94.2 Å². The lowest BCUT2D eigenvalue weighted by Gasteiger charge is -2.05. The molecule has 1 amide bonds. The average Bonchev–Trinajstić information content (AvgIpc) is 3.22. The SMILES string of the molecule is O=C(Nc1nc(-c2ccccc2)cs1)c1cc2ccc3ccccc3c2oc1=O. The van der Waals surface area contributed by atoms with Gasteiger partial charge < -0.3 is 4.42 Å². The van der Waals surface area contributed by atoms with Crippen LogP contribution in [-0.4, -0.2) is 10.9 Å². The molecule has 140 valence electrons. The number of nitrogens with zero attached hydrogens (tertiary/aromatic N) is 1. The minimum Gasteiger partial charge on any atom is -0.421 e. The fourth-order valence-corrected chi connectivity index (χ4v) is 3.96. The molecule has 0 saturated carbocycles. The summed E-state index contributed by atoms with van der Waals surface area (Å²) in [5.74, 6) is -0.539. The highest BCUT2D eigenvalue weighted by Crippen LogP contribution is 2.26. The van der Waals surface area contributed by atoms with Gasteiger partial charge in [0.05, 0.1) is 5.69 Å². The number of carbonyl (C=O) groups is 1. The molecule has 0 spiro atoms. The quantitative estimate of drug-likeness (QED) is 0.330. The van der Waals surface area contributed by atoms with E-state index in [4.69, 9.17) is 4.42 Å². The molecule has 0 fully saturated rings. The van der Waals surface area contributed by atoms with Crippen LogP contribution in [0.25, 0.3) is 33.0 Å². The Morgan fingerprint density at radius 1 is 0.931 bits per heavy atom. The van der Waals surface area contributed by atoms with Crippen LogP contribution in [-0.2, 0) is 0 Å². The number of fused-ring (bicyclic) bond motifs is 3. The largest absolute Gasteiger partial charge is 0.421 e. The molecule has 29 heavy (non-hydrogen) atoms. The van der Waals surface area contributed by atoms with Crippen molar-refractivity contribution in [3.8, 4) is 11.3 Å². The first-order valence-corrected chi connectivity index (χ1v) is 9.85. The molecule has 0 atom stereocenters. The van der Waals surface area contributed by atoms with Gasteiger partial charge in [-0.1, -0.05) is 66.7 Å². The van der Waals surface area contributed by atoms with E-state index in [0.29, 0.717) is 16.1 Å². The maximum atomic E-state index is 12.7. The lowest BCUT2D eigenvalue weighted by Crippen LogP contribution is -2.20. The number of hydrogen-bond donors (Lipinski definition) is 1. The molecule has 0 saturated heterocycles. The summed E-state index contributed by atoms with van der Waals surface area (Å²) in [7, 11) is 0. The lowest BCUT2D eigenvalue weighted by molar-refractivity contribution is 0.102. The summed E-state index contributed by atoms with van der Waals surface area (Å²) >= 11 is 1.30. The Balaban J connectivity index is 1.48. The predicted molar refractivity (Wildman–Crippen MR) is 115 cm³/mol. The summed E-state index contributed by atoms with van der Waals surface area (Å²) in [4.78, 5) is 29.6. The minimum atomic E-state index is -0.675. The summed E-state index contributed by atoms with van der Waals surface area (Å²) < 4.78 is 5.51. The van der Waals surface area contributed by atoms with Gasteiger partial charge >= 0.3 is 5.63 Å². The third-order valence-electron chi connectivity index (χ3n) is 4.66. The number of amides is 1. The minimum absolute atomic E-state index is 0.0516. The summed E-state index contributed by atoms with van der Waals surface area (Å²) in [6, 6.07) is 22.7. The molecule has 6 heteroatoms. The average molecular weight is 398 g/mol. The second-order valence-corrected chi connectivity index (χ2v) is 7.37. The summed E-state index contributed by atoms with van der Waals surface area (Å²) in [6.07, 6.45) is 0. The van der Waals surface area contributed by atoms with E-state index in [-0.39, 0.29) is 5.56 Å². The van der Waals surface area contributed by atoms with Gasteiger partial charge in [-0.3, -0.25) is 10.1 Å². The lowest BCUT2D eigenvalue weighted by atomic mass is 10.1. The van der Waals surface area contributed by atoms with Crippen molar-refractivity contribution in [2.24, 2.45) is 0 Å². The van der Waals surface area contributed by atoms with E-state index in [1.807, 2.05) is 72.1 Å². The van der Waals surface area contributed by atoms with E-state index in [9.17, 15) is 9.59 Å². The molecule has 5 aromatic rings. The molecule has 2 aromatic heterocycles. The van der Waals surface area contributed by atoms with E-state index >= 15 is 0 Å². The van der Waals surface area contributed by atoms with E-state index in [0.717, 1.165) is 22.0 Å². The van der Waals surface area contributed by atoms with E-state index in [1.165, 1.54) is 11.3 Å². The number of thiazole rings is 1. The summed E-state index contributed by atoms with van der Waals surface area (Å²) in [5, 5.41) is 7.48. The zero-order valence-corrected chi connectivity index (χ0v) is 15.9. The second-order valence-electron chi connectivity index (χ2n) is 6.51. The Labute approximate surface area is 169 Å². The third-order valence-corrected chi connectivity index (χ3v) is 5.42. The van der Waals surface area contributed by atoms with Crippen LogP contribution in [0, 0.1) is 0 Å². The van der Waals surface area contributed by atoms with Crippen molar-refractivity contribution in [2.45, 2.75) is 0 Å². The van der Waals surface area contributed by atoms with Crippen LogP contribution >= 0.6 is 11.3 Å². The van der Waals surface area contributed by atoms with Gasteiger partial charge in [-0.05, 0) is 11.5 Å². The highest BCUT2D eigenvalue weighted by atomic mass is 32.1. The van der Waals surface area contributed by atoms with Crippen molar-refractivity contribution in [3.63, 3.8) is 0 Å². The number of anilines is 1. The van der Waals surface area contributed by atoms with Gasteiger partial charge in [0.1, 0.15) is 11.1 Å². The van der Waals surface area contributed by atoms with Crippen LogP contribution < -0.4 is 10.9 Å². The first-order valence-electron chi connectivity index (χ1n) is 8.97. The zero-order valence-electron chi connectivity index (χ0n) is 15.1. The van der Waals surface area contributed by atoms with Crippen LogP contribution in [0.4, 0.5) is 5.13 Å². The van der Waals surface area contributed by atoms with Crippen LogP contribution in [0.3, 0.4) is 0 Å². The maximum absolute atomic E-state index is 12.7. The second kappa shape index (κ2) is 7.00. The van der Waals surface area contributed by atoms with Crippen LogP contribution in [0.1, 0.15) is 10.4 Å². The summed E-state index contributed by atoms with van der Waals surface area (Å²) in [5.41, 5.74) is 1.48. The predicted octanol–water partition coefficient (Wildman–Crippen LogP) is 5.32. The van der Waals surface area contributed by atoms with Crippen molar-refractivity contribution in [1.29, 1.82) is 0 Å². The topological polar surface area (TPSA) is 72.2 Å². The molecule has 0 aliphatic rings. The van der Waals surface area contributed by atoms with Crippen molar-refractivity contribution >= 4 is 44.1 Å². The zero-order chi connectivity index (χ0) is 19.8. The number of aromatic nitrogens is 1. The van der Waals surface area contributed by atoms with Crippen LogP contribution in [0.5, 0.6) is 0 Å². The molecule has 0 bridgehead atoms. The Morgan fingerprint density at radius 3 is 2.55 bits per heavy atom. The van der Waals surface area contributed by atoms with Gasteiger partial charge in [0.15, 0.2) is 5.13 Å². The van der Waals surface area contributed by atoms with Crippen LogP contribution in [0.15, 0.2) is 87.4 Å². The van der Waals surface area contributed by atoms with E-state index in [2.05, 4.69) is 10.3 Å². The fraction of sp³-hybridized carbons (Fsp3) is 0. The van der Waals surface area contributed by atoms with Crippen molar-refractivity contribution < 1.29 is 9.21 Å². The van der Waals surface area contributed by atoms with Gasteiger partial charge in [0, 0.05) is 21.7 Å². The Kier molecular flexibility index (Phi) is 4.18. The molecule has 0 unspecified atom stereocenters. The van der Waals surface area contributed by atoms with Gasteiger partial charge in [0.25, 0.3) is 5.91 Å². The highest BCUT2D eigenvalue weighted by molar-refractivity contribution is 7.14. The molecule has 0 aliphatic heterocycles. The Morgan fingerprint density at radius 2 is 1.69 bits per heavy atom. The normalized spacial score (nSPS) is 11.0. The van der Waals surface area contributed by atoms with Gasteiger partial charge in [-0.15, -0.1) is 11.3 Å². The van der Waals surface area contributed by atoms with Crippen molar-refractivity contribution in [2.75, 3.05) is 5.32 Å². The standard InChI is InChI=1S/C23H14N2O3S/c26-21(25-23-24-19(13-29-23)15-7-2-1-3-8-15)18-12-16-11-10-14-6-4-5-9-17(14)20(16)28-22(18)27/h1-13H,(H,24,25,26).